The van der Waals surface area contributed by atoms with Crippen molar-refractivity contribution in [1.29, 1.82) is 0 Å². The van der Waals surface area contributed by atoms with Gasteiger partial charge in [-0.3, -0.25) is 5.73 Å². The van der Waals surface area contributed by atoms with Gasteiger partial charge in [0.15, 0.2) is 0 Å². The lowest BCUT2D eigenvalue weighted by Crippen LogP contribution is -1.69. The number of nitrogens with one attached hydrogen (secondary N) is 1. The highest BCUT2D eigenvalue weighted by molar-refractivity contribution is 7.09. The van der Waals surface area contributed by atoms with E-state index in [1.165, 1.54) is 0 Å². The van der Waals surface area contributed by atoms with E-state index in [2.05, 4.69) is 9.36 Å². The molecule has 0 spiro atoms. The molecule has 0 aromatic carbocycles. The quantitative estimate of drug-likeness (QED) is 0.500. The van der Waals surface area contributed by atoms with E-state index >= 15 is 0 Å². The average molecular weight is 114 g/mol. The normalized spacial score (nSPS) is 9.29. The Morgan fingerprint density at radius 1 is 1.71 bits per heavy atom. The van der Waals surface area contributed by atoms with Gasteiger partial charge in [0.25, 0.3) is 0 Å². The Hall–Kier alpha value is -0.640. The Bertz CT molecular complexity index is 142. The maximum atomic E-state index is 6.86. The zero-order valence-corrected chi connectivity index (χ0v) is 4.62. The first-order valence-corrected chi connectivity index (χ1v) is 2.58. The molecule has 0 unspecified atom stereocenters. The molecule has 0 fully saturated rings. The van der Waals surface area contributed by atoms with E-state index in [4.69, 9.17) is 5.73 Å². The van der Waals surface area contributed by atoms with Crippen molar-refractivity contribution < 1.29 is 0 Å². The van der Waals surface area contributed by atoms with Gasteiger partial charge in [-0.2, -0.15) is 4.37 Å². The number of nitrogens with zero attached hydrogens (tertiary/aromatic N) is 2. The Morgan fingerprint density at radius 2 is 2.43 bits per heavy atom. The van der Waals surface area contributed by atoms with Crippen LogP contribution in [0, 0.1) is 6.92 Å². The van der Waals surface area contributed by atoms with Crippen molar-refractivity contribution in [3.8, 4) is 0 Å². The van der Waals surface area contributed by atoms with Crippen LogP contribution in [0.4, 0.5) is 5.13 Å². The summed E-state index contributed by atoms with van der Waals surface area (Å²) in [5, 5.41) is 0.289. The van der Waals surface area contributed by atoms with Crippen LogP contribution in [-0.2, 0) is 0 Å². The fourth-order valence-electron chi connectivity index (χ4n) is 0.297. The molecule has 0 aliphatic heterocycles. The Labute approximate surface area is 45.4 Å². The smallest absolute Gasteiger partial charge is 0.221 e. The first kappa shape index (κ1) is 4.52. The summed E-state index contributed by atoms with van der Waals surface area (Å²) in [6, 6.07) is 0. The third kappa shape index (κ3) is 0.866. The highest BCUT2D eigenvalue weighted by Crippen LogP contribution is 2.04. The molecule has 37 valence electrons. The van der Waals surface area contributed by atoms with E-state index in [0.29, 0.717) is 5.82 Å². The number of hydrogen-bond donors (Lipinski definition) is 0. The molecule has 1 aromatic heterocycles. The molecule has 7 heavy (non-hydrogen) atoms. The monoisotopic (exact) mass is 114 g/mol. The van der Waals surface area contributed by atoms with E-state index in [-0.39, 0.29) is 5.13 Å². The molecule has 3 nitrogen and oxygen atoms in total. The number of hydrogen-bond acceptors (Lipinski definition) is 3. The molecule has 0 bridgehead atoms. The Morgan fingerprint density at radius 3 is 2.57 bits per heavy atom. The largest absolute Gasteiger partial charge is 0.272 e. The standard InChI is InChI=1S/C3H4N3S/c1-2-5-3(4)7-6-2/h4H,1H3. The molecule has 1 radical (unpaired) electrons. The van der Waals surface area contributed by atoms with Crippen molar-refractivity contribution in [2.24, 2.45) is 0 Å². The maximum Gasteiger partial charge on any atom is 0.221 e. The molecule has 0 saturated heterocycles. The molecular formula is C3H4N3S. The van der Waals surface area contributed by atoms with Crippen LogP contribution in [-0.4, -0.2) is 9.36 Å². The maximum absolute atomic E-state index is 6.86. The summed E-state index contributed by atoms with van der Waals surface area (Å²) >= 11 is 1.11. The molecule has 1 aromatic rings. The molecule has 1 N–H and O–H groups in total. The van der Waals surface area contributed by atoms with Gasteiger partial charge in [0.05, 0.1) is 0 Å². The zero-order valence-electron chi connectivity index (χ0n) is 3.80. The molecule has 0 atom stereocenters. The summed E-state index contributed by atoms with van der Waals surface area (Å²) in [6.07, 6.45) is 0. The van der Waals surface area contributed by atoms with E-state index in [1.807, 2.05) is 0 Å². The number of aryl methyl sites for hydroxylation is 1. The molecule has 0 aliphatic rings. The van der Waals surface area contributed by atoms with Gasteiger partial charge in [0.2, 0.25) is 5.13 Å². The van der Waals surface area contributed by atoms with Gasteiger partial charge >= 0.3 is 0 Å². The molecule has 0 aliphatic carbocycles. The van der Waals surface area contributed by atoms with E-state index in [9.17, 15) is 0 Å². The first-order valence-electron chi connectivity index (χ1n) is 1.81. The Kier molecular flexibility index (Phi) is 0.941. The predicted molar refractivity (Wildman–Crippen MR) is 27.4 cm³/mol. The van der Waals surface area contributed by atoms with Crippen LogP contribution in [0.1, 0.15) is 5.82 Å². The van der Waals surface area contributed by atoms with Crippen molar-refractivity contribution in [2.75, 3.05) is 0 Å². The number of aromatic nitrogens is 2. The van der Waals surface area contributed by atoms with E-state index in [1.54, 1.807) is 6.92 Å². The summed E-state index contributed by atoms with van der Waals surface area (Å²) in [4.78, 5) is 3.69. The van der Waals surface area contributed by atoms with Crippen LogP contribution in [0.2, 0.25) is 0 Å². The van der Waals surface area contributed by atoms with E-state index in [0.717, 1.165) is 11.5 Å². The van der Waals surface area contributed by atoms with Gasteiger partial charge in [-0.05, 0) is 6.92 Å². The minimum atomic E-state index is 0.289. The summed E-state index contributed by atoms with van der Waals surface area (Å²) in [6.45, 7) is 1.77. The second kappa shape index (κ2) is 1.46. The summed E-state index contributed by atoms with van der Waals surface area (Å²) < 4.78 is 3.76. The molecular weight excluding hydrogens is 110 g/mol. The molecule has 4 heteroatoms. The Balaban J connectivity index is 3.04. The summed E-state index contributed by atoms with van der Waals surface area (Å²) in [5.74, 6) is 0.690. The third-order valence-electron chi connectivity index (χ3n) is 0.528. The third-order valence-corrected chi connectivity index (χ3v) is 1.15. The van der Waals surface area contributed by atoms with Gasteiger partial charge in [-0.1, -0.05) is 0 Å². The van der Waals surface area contributed by atoms with Crippen LogP contribution in [0.15, 0.2) is 0 Å². The molecule has 0 amide bonds. The lowest BCUT2D eigenvalue weighted by atomic mass is 10.8. The van der Waals surface area contributed by atoms with Gasteiger partial charge in [-0.25, -0.2) is 4.98 Å². The van der Waals surface area contributed by atoms with Crippen LogP contribution < -0.4 is 5.73 Å². The van der Waals surface area contributed by atoms with Crippen LogP contribution in [0.25, 0.3) is 0 Å². The zero-order chi connectivity index (χ0) is 5.28. The minimum Gasteiger partial charge on any atom is -0.272 e. The van der Waals surface area contributed by atoms with E-state index < -0.39 is 0 Å². The predicted octanol–water partition coefficient (Wildman–Crippen LogP) is 0.761. The molecule has 0 saturated carbocycles. The molecule has 1 heterocycles. The summed E-state index contributed by atoms with van der Waals surface area (Å²) in [7, 11) is 0. The van der Waals surface area contributed by atoms with Gasteiger partial charge in [-0.15, -0.1) is 0 Å². The highest BCUT2D eigenvalue weighted by atomic mass is 32.1. The first-order chi connectivity index (χ1) is 3.29. The SMILES string of the molecule is Cc1nsc([NH])n1. The van der Waals surface area contributed by atoms with Crippen molar-refractivity contribution in [2.45, 2.75) is 6.92 Å². The fourth-order valence-corrected chi connectivity index (χ4v) is 0.729. The lowest BCUT2D eigenvalue weighted by Gasteiger charge is -1.67. The van der Waals surface area contributed by atoms with Gasteiger partial charge in [0, 0.05) is 11.5 Å². The lowest BCUT2D eigenvalue weighted by molar-refractivity contribution is 1.15. The van der Waals surface area contributed by atoms with Gasteiger partial charge in [0.1, 0.15) is 5.82 Å². The topological polar surface area (TPSA) is 49.6 Å². The number of rotatable bonds is 0. The fraction of sp³-hybridized carbons (Fsp3) is 0.333. The van der Waals surface area contributed by atoms with Crippen LogP contribution in [0.5, 0.6) is 0 Å². The van der Waals surface area contributed by atoms with Crippen LogP contribution in [0.3, 0.4) is 0 Å². The minimum absolute atomic E-state index is 0.289. The van der Waals surface area contributed by atoms with Crippen molar-refractivity contribution in [3.63, 3.8) is 0 Å². The average Bonchev–Trinajstić information content (AvgIpc) is 1.87. The second-order valence-corrected chi connectivity index (χ2v) is 1.90. The highest BCUT2D eigenvalue weighted by Gasteiger charge is 1.89. The molecule has 1 rings (SSSR count). The van der Waals surface area contributed by atoms with Crippen molar-refractivity contribution in [3.05, 3.63) is 5.82 Å². The summed E-state index contributed by atoms with van der Waals surface area (Å²) in [5.41, 5.74) is 6.86. The van der Waals surface area contributed by atoms with Crippen LogP contribution >= 0.6 is 11.5 Å². The van der Waals surface area contributed by atoms with Gasteiger partial charge < -0.3 is 0 Å². The van der Waals surface area contributed by atoms with Crippen molar-refractivity contribution in [1.82, 2.24) is 15.1 Å². The van der Waals surface area contributed by atoms with Crippen molar-refractivity contribution >= 4 is 16.7 Å². The second-order valence-electron chi connectivity index (χ2n) is 1.15.